The highest BCUT2D eigenvalue weighted by atomic mass is 16.5. The SMILES string of the molecule is COc1cccc([C@@H](CN2CCN(C(=O)N[C@H]3C[C@H]3c3ccccc3)CC2)OCc2ccc(C#N)cc2)c1. The van der Waals surface area contributed by atoms with Crippen LogP contribution in [-0.4, -0.2) is 61.7 Å². The van der Waals surface area contributed by atoms with Crippen molar-refractivity contribution in [1.82, 2.24) is 15.1 Å². The maximum atomic E-state index is 12.9. The molecule has 2 aliphatic rings. The lowest BCUT2D eigenvalue weighted by molar-refractivity contribution is 0.00546. The number of amides is 2. The van der Waals surface area contributed by atoms with Crippen molar-refractivity contribution < 1.29 is 14.3 Å². The summed E-state index contributed by atoms with van der Waals surface area (Å²) in [5.41, 5.74) is 4.01. The van der Waals surface area contributed by atoms with Gasteiger partial charge in [-0.3, -0.25) is 4.90 Å². The van der Waals surface area contributed by atoms with Crippen molar-refractivity contribution in [1.29, 1.82) is 5.26 Å². The second-order valence-corrected chi connectivity index (χ2v) is 9.98. The third-order valence-corrected chi connectivity index (χ3v) is 7.41. The van der Waals surface area contributed by atoms with Crippen LogP contribution < -0.4 is 10.1 Å². The largest absolute Gasteiger partial charge is 0.497 e. The van der Waals surface area contributed by atoms with Crippen molar-refractivity contribution in [2.45, 2.75) is 31.1 Å². The molecule has 1 N–H and O–H groups in total. The average molecular weight is 511 g/mol. The zero-order valence-corrected chi connectivity index (χ0v) is 21.8. The molecule has 2 amide bonds. The monoisotopic (exact) mass is 510 g/mol. The summed E-state index contributed by atoms with van der Waals surface area (Å²) in [5, 5.41) is 12.3. The standard InChI is InChI=1S/C31H34N4O3/c1-37-27-9-5-8-26(18-27)30(38-22-24-12-10-23(20-32)11-13-24)21-34-14-16-35(17-15-34)31(36)33-29-19-28(29)25-6-3-2-4-7-25/h2-13,18,28-30H,14-17,19,21-22H2,1H3,(H,33,36)/t28-,29-,30+/m0/s1. The molecule has 196 valence electrons. The van der Waals surface area contributed by atoms with Gasteiger partial charge >= 0.3 is 6.03 Å². The molecule has 2 fully saturated rings. The molecule has 0 unspecified atom stereocenters. The number of urea groups is 1. The van der Waals surface area contributed by atoms with E-state index in [4.69, 9.17) is 14.7 Å². The molecule has 0 radical (unpaired) electrons. The average Bonchev–Trinajstić information content (AvgIpc) is 3.75. The Balaban J connectivity index is 1.15. The number of carbonyl (C=O) groups is 1. The van der Waals surface area contributed by atoms with Gasteiger partial charge in [0.05, 0.1) is 31.5 Å². The Morgan fingerprint density at radius 3 is 2.50 bits per heavy atom. The van der Waals surface area contributed by atoms with E-state index >= 15 is 0 Å². The van der Waals surface area contributed by atoms with E-state index in [1.165, 1.54) is 5.56 Å². The highest BCUT2D eigenvalue weighted by molar-refractivity contribution is 5.75. The van der Waals surface area contributed by atoms with Crippen LogP contribution in [0.25, 0.3) is 0 Å². The molecule has 1 saturated heterocycles. The first kappa shape index (κ1) is 25.8. The van der Waals surface area contributed by atoms with Gasteiger partial charge in [-0.15, -0.1) is 0 Å². The van der Waals surface area contributed by atoms with Crippen LogP contribution in [0.5, 0.6) is 5.75 Å². The van der Waals surface area contributed by atoms with Crippen LogP contribution in [-0.2, 0) is 11.3 Å². The van der Waals surface area contributed by atoms with E-state index in [1.54, 1.807) is 7.11 Å². The Hall–Kier alpha value is -3.86. The second kappa shape index (κ2) is 12.1. The van der Waals surface area contributed by atoms with E-state index in [-0.39, 0.29) is 18.2 Å². The Morgan fingerprint density at radius 2 is 1.79 bits per heavy atom. The van der Waals surface area contributed by atoms with E-state index in [0.29, 0.717) is 31.2 Å². The van der Waals surface area contributed by atoms with E-state index in [0.717, 1.165) is 42.9 Å². The summed E-state index contributed by atoms with van der Waals surface area (Å²) in [6.45, 7) is 4.13. The van der Waals surface area contributed by atoms with Gasteiger partial charge in [-0.1, -0.05) is 54.6 Å². The summed E-state index contributed by atoms with van der Waals surface area (Å²) in [4.78, 5) is 17.2. The van der Waals surface area contributed by atoms with Crippen LogP contribution in [0, 0.1) is 11.3 Å². The van der Waals surface area contributed by atoms with Gasteiger partial charge in [0.2, 0.25) is 0 Å². The van der Waals surface area contributed by atoms with Gasteiger partial charge in [-0.2, -0.15) is 5.26 Å². The van der Waals surface area contributed by atoms with Gasteiger partial charge in [-0.05, 0) is 47.4 Å². The first-order chi connectivity index (χ1) is 18.6. The summed E-state index contributed by atoms with van der Waals surface area (Å²) in [7, 11) is 1.67. The number of benzene rings is 3. The molecule has 7 heteroatoms. The van der Waals surface area contributed by atoms with E-state index in [9.17, 15) is 4.79 Å². The molecule has 0 bridgehead atoms. The highest BCUT2D eigenvalue weighted by Gasteiger charge is 2.40. The fourth-order valence-electron chi connectivity index (χ4n) is 5.01. The van der Waals surface area contributed by atoms with Crippen LogP contribution in [0.2, 0.25) is 0 Å². The molecular weight excluding hydrogens is 476 g/mol. The third kappa shape index (κ3) is 6.52. The minimum absolute atomic E-state index is 0.0366. The van der Waals surface area contributed by atoms with Crippen LogP contribution in [0.3, 0.4) is 0 Å². The zero-order chi connectivity index (χ0) is 26.3. The molecule has 5 rings (SSSR count). The Labute approximate surface area is 224 Å². The molecule has 1 saturated carbocycles. The van der Waals surface area contributed by atoms with Crippen molar-refractivity contribution in [3.63, 3.8) is 0 Å². The smallest absolute Gasteiger partial charge is 0.317 e. The number of ether oxygens (including phenoxy) is 2. The van der Waals surface area contributed by atoms with Gasteiger partial charge in [0, 0.05) is 44.7 Å². The van der Waals surface area contributed by atoms with Gasteiger partial charge in [0.1, 0.15) is 5.75 Å². The minimum atomic E-state index is -0.154. The van der Waals surface area contributed by atoms with Crippen LogP contribution in [0.1, 0.15) is 40.7 Å². The van der Waals surface area contributed by atoms with Crippen molar-refractivity contribution >= 4 is 6.03 Å². The van der Waals surface area contributed by atoms with E-state index < -0.39 is 0 Å². The zero-order valence-electron chi connectivity index (χ0n) is 21.8. The van der Waals surface area contributed by atoms with Crippen molar-refractivity contribution in [3.05, 3.63) is 101 Å². The van der Waals surface area contributed by atoms with Crippen LogP contribution >= 0.6 is 0 Å². The lowest BCUT2D eigenvalue weighted by atomic mass is 10.1. The fourth-order valence-corrected chi connectivity index (χ4v) is 5.01. The lowest BCUT2D eigenvalue weighted by Gasteiger charge is -2.36. The summed E-state index contributed by atoms with van der Waals surface area (Å²) < 4.78 is 11.9. The number of nitriles is 1. The predicted molar refractivity (Wildman–Crippen MR) is 146 cm³/mol. The number of nitrogens with zero attached hydrogens (tertiary/aromatic N) is 3. The van der Waals surface area contributed by atoms with Gasteiger partial charge in [0.25, 0.3) is 0 Å². The molecular formula is C31H34N4O3. The van der Waals surface area contributed by atoms with Crippen molar-refractivity contribution in [2.24, 2.45) is 0 Å². The number of hydrogen-bond acceptors (Lipinski definition) is 5. The number of piperazine rings is 1. The summed E-state index contributed by atoms with van der Waals surface area (Å²) in [6, 6.07) is 28.3. The fraction of sp³-hybridized carbons (Fsp3) is 0.355. The first-order valence-corrected chi connectivity index (χ1v) is 13.2. The van der Waals surface area contributed by atoms with Gasteiger partial charge in [0.15, 0.2) is 0 Å². The normalized spacial score (nSPS) is 19.8. The number of nitrogens with one attached hydrogen (secondary N) is 1. The number of rotatable bonds is 9. The molecule has 3 aromatic carbocycles. The van der Waals surface area contributed by atoms with Gasteiger partial charge in [-0.25, -0.2) is 4.79 Å². The Bertz CT molecular complexity index is 1250. The number of carbonyl (C=O) groups excluding carboxylic acids is 1. The molecule has 3 aromatic rings. The predicted octanol–water partition coefficient (Wildman–Crippen LogP) is 4.71. The van der Waals surface area contributed by atoms with E-state index in [2.05, 4.69) is 46.6 Å². The Kier molecular flexibility index (Phi) is 8.22. The molecule has 3 atom stereocenters. The third-order valence-electron chi connectivity index (χ3n) is 7.41. The summed E-state index contributed by atoms with van der Waals surface area (Å²) in [5.74, 6) is 1.23. The maximum Gasteiger partial charge on any atom is 0.317 e. The summed E-state index contributed by atoms with van der Waals surface area (Å²) in [6.07, 6.45) is 0.855. The maximum absolute atomic E-state index is 12.9. The van der Waals surface area contributed by atoms with Crippen molar-refractivity contribution in [2.75, 3.05) is 39.8 Å². The van der Waals surface area contributed by atoms with Crippen LogP contribution in [0.15, 0.2) is 78.9 Å². The molecule has 7 nitrogen and oxygen atoms in total. The van der Waals surface area contributed by atoms with Crippen LogP contribution in [0.4, 0.5) is 4.79 Å². The molecule has 1 heterocycles. The topological polar surface area (TPSA) is 77.8 Å². The lowest BCUT2D eigenvalue weighted by Crippen LogP contribution is -2.52. The molecule has 1 aliphatic heterocycles. The van der Waals surface area contributed by atoms with E-state index in [1.807, 2.05) is 53.4 Å². The second-order valence-electron chi connectivity index (χ2n) is 9.98. The number of methoxy groups -OCH3 is 1. The first-order valence-electron chi connectivity index (χ1n) is 13.2. The molecule has 1 aliphatic carbocycles. The quantitative estimate of drug-likeness (QED) is 0.451. The molecule has 38 heavy (non-hydrogen) atoms. The molecule has 0 spiro atoms. The summed E-state index contributed by atoms with van der Waals surface area (Å²) >= 11 is 0. The Morgan fingerprint density at radius 1 is 1.03 bits per heavy atom. The van der Waals surface area contributed by atoms with Gasteiger partial charge < -0.3 is 19.7 Å². The minimum Gasteiger partial charge on any atom is -0.497 e. The number of hydrogen-bond donors (Lipinski definition) is 1. The van der Waals surface area contributed by atoms with Crippen molar-refractivity contribution in [3.8, 4) is 11.8 Å². The molecule has 0 aromatic heterocycles. The highest BCUT2D eigenvalue weighted by Crippen LogP contribution is 2.40.